The maximum atomic E-state index is 12.0. The molecule has 1 aliphatic rings. The van der Waals surface area contributed by atoms with Crippen LogP contribution in [0.15, 0.2) is 78.9 Å². The first kappa shape index (κ1) is 21.6. The second kappa shape index (κ2) is 9.22. The Morgan fingerprint density at radius 3 is 2.32 bits per heavy atom. The van der Waals surface area contributed by atoms with Gasteiger partial charge in [-0.15, -0.1) is 0 Å². The van der Waals surface area contributed by atoms with Crippen molar-refractivity contribution in [2.45, 2.75) is 31.6 Å². The molecule has 0 aliphatic carbocycles. The van der Waals surface area contributed by atoms with Gasteiger partial charge in [-0.2, -0.15) is 0 Å². The molecule has 6 heteroatoms. The van der Waals surface area contributed by atoms with Crippen LogP contribution in [0.4, 0.5) is 5.69 Å². The molecular weight excluding hydrogens is 406 g/mol. The van der Waals surface area contributed by atoms with E-state index in [0.29, 0.717) is 12.2 Å². The van der Waals surface area contributed by atoms with Crippen LogP contribution in [0.25, 0.3) is 0 Å². The zero-order chi connectivity index (χ0) is 21.8. The number of anilines is 1. The van der Waals surface area contributed by atoms with Gasteiger partial charge in [0.2, 0.25) is 10.0 Å². The van der Waals surface area contributed by atoms with Gasteiger partial charge in [-0.3, -0.25) is 14.9 Å². The minimum Gasteiger partial charge on any atom is -0.297 e. The molecule has 0 spiro atoms. The predicted octanol–water partition coefficient (Wildman–Crippen LogP) is 4.14. The molecule has 0 radical (unpaired) electrons. The average Bonchev–Trinajstić information content (AvgIpc) is 2.89. The molecule has 1 aliphatic heterocycles. The third kappa shape index (κ3) is 5.15. The van der Waals surface area contributed by atoms with Crippen LogP contribution < -0.4 is 10.0 Å². The molecule has 0 fully saturated rings. The van der Waals surface area contributed by atoms with E-state index in [4.69, 9.17) is 0 Å². The molecular formula is C25H29N3O2S. The Kier molecular flexibility index (Phi) is 6.41. The van der Waals surface area contributed by atoms with Crippen molar-refractivity contribution in [3.8, 4) is 0 Å². The second-order valence-electron chi connectivity index (χ2n) is 8.15. The van der Waals surface area contributed by atoms with E-state index >= 15 is 0 Å². The van der Waals surface area contributed by atoms with Crippen LogP contribution in [0.3, 0.4) is 0 Å². The van der Waals surface area contributed by atoms with Gasteiger partial charge in [0.25, 0.3) is 0 Å². The minimum atomic E-state index is -3.37. The minimum absolute atomic E-state index is 0.0216. The van der Waals surface area contributed by atoms with Crippen molar-refractivity contribution in [2.24, 2.45) is 0 Å². The number of aryl methyl sites for hydroxylation is 1. The standard InChI is InChI=1S/C25H29N3O2S/c1-28-24(17-16-19-10-5-3-6-11-19)26-18-22-21(25(28)20-12-7-4-8-13-20)14-9-15-23(22)27-31(2,29)30/h3-15,24-27H,16-18H2,1-2H3. The Hall–Kier alpha value is -2.67. The van der Waals surface area contributed by atoms with Crippen LogP contribution in [0, 0.1) is 0 Å². The zero-order valence-electron chi connectivity index (χ0n) is 18.0. The smallest absolute Gasteiger partial charge is 0.229 e. The lowest BCUT2D eigenvalue weighted by molar-refractivity contribution is 0.164. The van der Waals surface area contributed by atoms with E-state index in [1.807, 2.05) is 24.3 Å². The lowest BCUT2D eigenvalue weighted by atomic mass is 9.92. The highest BCUT2D eigenvalue weighted by Crippen LogP contribution is 2.37. The van der Waals surface area contributed by atoms with Gasteiger partial charge in [0.15, 0.2) is 0 Å². The first-order valence-corrected chi connectivity index (χ1v) is 12.5. The van der Waals surface area contributed by atoms with Gasteiger partial charge in [0.05, 0.1) is 24.2 Å². The molecule has 0 amide bonds. The van der Waals surface area contributed by atoms with Gasteiger partial charge in [-0.05, 0) is 48.2 Å². The van der Waals surface area contributed by atoms with Gasteiger partial charge in [0.1, 0.15) is 0 Å². The summed E-state index contributed by atoms with van der Waals surface area (Å²) in [6.45, 7) is 0.598. The molecule has 2 N–H and O–H groups in total. The highest BCUT2D eigenvalue weighted by Gasteiger charge is 2.31. The third-order valence-electron chi connectivity index (χ3n) is 5.88. The van der Waals surface area contributed by atoms with Crippen LogP contribution in [0.2, 0.25) is 0 Å². The molecule has 31 heavy (non-hydrogen) atoms. The molecule has 1 heterocycles. The summed E-state index contributed by atoms with van der Waals surface area (Å²) in [5.74, 6) is 0. The van der Waals surface area contributed by atoms with Crippen LogP contribution in [0.1, 0.15) is 34.7 Å². The Morgan fingerprint density at radius 1 is 0.968 bits per heavy atom. The van der Waals surface area contributed by atoms with Crippen LogP contribution in [-0.2, 0) is 23.0 Å². The lowest BCUT2D eigenvalue weighted by Crippen LogP contribution is -2.43. The van der Waals surface area contributed by atoms with E-state index < -0.39 is 10.0 Å². The molecule has 3 aromatic carbocycles. The maximum Gasteiger partial charge on any atom is 0.229 e. The lowest BCUT2D eigenvalue weighted by Gasteiger charge is -2.34. The topological polar surface area (TPSA) is 61.4 Å². The van der Waals surface area contributed by atoms with Gasteiger partial charge in [0, 0.05) is 6.54 Å². The number of sulfonamides is 1. The molecule has 2 atom stereocenters. The summed E-state index contributed by atoms with van der Waals surface area (Å²) in [6.07, 6.45) is 3.26. The number of benzene rings is 3. The van der Waals surface area contributed by atoms with Crippen LogP contribution in [-0.4, -0.2) is 32.8 Å². The molecule has 0 saturated carbocycles. The first-order valence-electron chi connectivity index (χ1n) is 10.6. The van der Waals surface area contributed by atoms with Crippen molar-refractivity contribution in [1.29, 1.82) is 0 Å². The second-order valence-corrected chi connectivity index (χ2v) is 9.90. The van der Waals surface area contributed by atoms with E-state index in [1.165, 1.54) is 17.4 Å². The average molecular weight is 436 g/mol. The van der Waals surface area contributed by atoms with Crippen molar-refractivity contribution >= 4 is 15.7 Å². The highest BCUT2D eigenvalue weighted by molar-refractivity contribution is 7.92. The summed E-state index contributed by atoms with van der Waals surface area (Å²) in [7, 11) is -1.22. The number of nitrogens with one attached hydrogen (secondary N) is 2. The zero-order valence-corrected chi connectivity index (χ0v) is 18.8. The summed E-state index contributed by atoms with van der Waals surface area (Å²) in [5.41, 5.74) is 5.27. The highest BCUT2D eigenvalue weighted by atomic mass is 32.2. The monoisotopic (exact) mass is 435 g/mol. The summed E-state index contributed by atoms with van der Waals surface area (Å²) >= 11 is 0. The fourth-order valence-corrected chi connectivity index (χ4v) is 5.01. The number of nitrogens with zero attached hydrogens (tertiary/aromatic N) is 1. The molecule has 0 aromatic heterocycles. The molecule has 5 nitrogen and oxygen atoms in total. The van der Waals surface area contributed by atoms with Crippen LogP contribution >= 0.6 is 0 Å². The summed E-state index contributed by atoms with van der Waals surface area (Å²) in [5, 5.41) is 3.67. The summed E-state index contributed by atoms with van der Waals surface area (Å²) < 4.78 is 26.7. The Labute approximate surface area is 185 Å². The Bertz CT molecular complexity index is 1120. The maximum absolute atomic E-state index is 12.0. The molecule has 162 valence electrons. The van der Waals surface area contributed by atoms with Crippen molar-refractivity contribution < 1.29 is 8.42 Å². The van der Waals surface area contributed by atoms with Gasteiger partial charge < -0.3 is 0 Å². The number of hydrogen-bond acceptors (Lipinski definition) is 4. The number of fused-ring (bicyclic) bond motifs is 1. The first-order chi connectivity index (χ1) is 14.9. The van der Waals surface area contributed by atoms with Crippen molar-refractivity contribution in [3.05, 3.63) is 101 Å². The third-order valence-corrected chi connectivity index (χ3v) is 6.47. The number of hydrogen-bond donors (Lipinski definition) is 2. The molecule has 4 rings (SSSR count). The van der Waals surface area contributed by atoms with Gasteiger partial charge >= 0.3 is 0 Å². The normalized spacial score (nSPS) is 19.4. The predicted molar refractivity (Wildman–Crippen MR) is 126 cm³/mol. The molecule has 2 unspecified atom stereocenters. The van der Waals surface area contributed by atoms with E-state index in [0.717, 1.165) is 24.0 Å². The largest absolute Gasteiger partial charge is 0.297 e. The van der Waals surface area contributed by atoms with Gasteiger partial charge in [-0.1, -0.05) is 72.8 Å². The van der Waals surface area contributed by atoms with Crippen LogP contribution in [0.5, 0.6) is 0 Å². The summed E-state index contributed by atoms with van der Waals surface area (Å²) in [4.78, 5) is 2.37. The molecule has 3 aromatic rings. The Balaban J connectivity index is 1.71. The van der Waals surface area contributed by atoms with Crippen molar-refractivity contribution in [2.75, 3.05) is 18.0 Å². The van der Waals surface area contributed by atoms with E-state index in [1.54, 1.807) is 0 Å². The van der Waals surface area contributed by atoms with Crippen molar-refractivity contribution in [1.82, 2.24) is 10.2 Å². The van der Waals surface area contributed by atoms with Gasteiger partial charge in [-0.25, -0.2) is 8.42 Å². The molecule has 0 bridgehead atoms. The van der Waals surface area contributed by atoms with E-state index in [2.05, 4.69) is 76.6 Å². The quantitative estimate of drug-likeness (QED) is 0.611. The van der Waals surface area contributed by atoms with E-state index in [-0.39, 0.29) is 12.2 Å². The van der Waals surface area contributed by atoms with E-state index in [9.17, 15) is 8.42 Å². The fraction of sp³-hybridized carbons (Fsp3) is 0.280. The molecule has 0 saturated heterocycles. The van der Waals surface area contributed by atoms with Crippen molar-refractivity contribution in [3.63, 3.8) is 0 Å². The SMILES string of the molecule is CN1C(CCc2ccccc2)NCc2c(NS(C)(=O)=O)cccc2C1c1ccccc1. The Morgan fingerprint density at radius 2 is 1.65 bits per heavy atom. The number of rotatable bonds is 6. The summed E-state index contributed by atoms with van der Waals surface area (Å²) in [6, 6.07) is 26.8. The fourth-order valence-electron chi connectivity index (χ4n) is 4.42.